The summed E-state index contributed by atoms with van der Waals surface area (Å²) in [7, 11) is 0. The number of aliphatic hydroxyl groups is 1. The van der Waals surface area contributed by atoms with Gasteiger partial charge in [0, 0.05) is 47.5 Å². The molecule has 6 aromatic heterocycles. The van der Waals surface area contributed by atoms with Crippen molar-refractivity contribution in [2.75, 3.05) is 38.5 Å². The number of aromatic nitrogens is 9. The van der Waals surface area contributed by atoms with E-state index in [1.807, 2.05) is 77.5 Å². The molecular formula is C59H68N14O6S2. The number of hydrogen-bond donors (Lipinski definition) is 3. The second-order valence-corrected chi connectivity index (χ2v) is 26.5. The minimum absolute atomic E-state index is 0.0458. The van der Waals surface area contributed by atoms with Crippen molar-refractivity contribution in [3.63, 3.8) is 0 Å². The number of carbonyl (C=O) groups is 2. The molecule has 422 valence electrons. The molecule has 4 atom stereocenters. The molecule has 81 heavy (non-hydrogen) atoms. The second kappa shape index (κ2) is 21.3. The van der Waals surface area contributed by atoms with Crippen molar-refractivity contribution < 1.29 is 28.7 Å². The lowest BCUT2D eigenvalue weighted by molar-refractivity contribution is -0.144. The molecular weight excluding hydrogens is 1060 g/mol. The number of anilines is 1. The van der Waals surface area contributed by atoms with Crippen molar-refractivity contribution in [1.29, 1.82) is 5.26 Å². The molecule has 2 amide bonds. The standard InChI is InChI=1S/C59H68N14O6S2/c1-34-49(80-33-64-34)36-11-13-37(14-12-36)57(5,6)67-54(75)43-23-38(74)28-72(43)55(76)50(56(2,3)4)73-29-42(68-70-73)35-15-21-71(22-16-35)30-58(19-20-58)31-77-45-24-46(78-39-26-62-32-63-27-39)66-53(65-45)48-40-9-7-17-59(51(40)79-69-48)18-8-10-44-47(59)41(25-60)52(61)81-44/h11-14,24,26-27,29,32-33,35,38,43,50,74H,7-10,15-23,28,30-31,61H2,1-6H3,(H,67,75)/t38-,43+,50-,59+/m1/s1. The van der Waals surface area contributed by atoms with Crippen molar-refractivity contribution in [3.8, 4) is 45.5 Å². The van der Waals surface area contributed by atoms with Crippen LogP contribution in [0.3, 0.4) is 0 Å². The molecule has 1 spiro atoms. The Hall–Kier alpha value is -7.19. The van der Waals surface area contributed by atoms with Crippen molar-refractivity contribution in [2.24, 2.45) is 10.8 Å². The van der Waals surface area contributed by atoms with Gasteiger partial charge in [-0.1, -0.05) is 55.4 Å². The highest BCUT2D eigenvalue weighted by Gasteiger charge is 2.50. The molecule has 0 radical (unpaired) electrons. The smallest absolute Gasteiger partial charge is 0.248 e. The monoisotopic (exact) mass is 1130 g/mol. The highest BCUT2D eigenvalue weighted by Crippen LogP contribution is 2.55. The Morgan fingerprint density at radius 1 is 1.02 bits per heavy atom. The number of rotatable bonds is 15. The Kier molecular flexibility index (Phi) is 14.3. The molecule has 1 aromatic carbocycles. The van der Waals surface area contributed by atoms with Gasteiger partial charge in [-0.15, -0.1) is 27.8 Å². The van der Waals surface area contributed by atoms with Gasteiger partial charge in [0.15, 0.2) is 23.0 Å². The van der Waals surface area contributed by atoms with Gasteiger partial charge < -0.3 is 40.0 Å². The normalized spacial score (nSPS) is 21.3. The first-order valence-electron chi connectivity index (χ1n) is 28.1. The third-order valence-electron chi connectivity index (χ3n) is 17.3. The summed E-state index contributed by atoms with van der Waals surface area (Å²) < 4.78 is 20.8. The first-order valence-corrected chi connectivity index (χ1v) is 29.8. The number of fused-ring (bicyclic) bond motifs is 4. The number of likely N-dealkylation sites (tertiary alicyclic amines) is 2. The van der Waals surface area contributed by atoms with E-state index in [2.05, 4.69) is 46.7 Å². The molecule has 22 heteroatoms. The summed E-state index contributed by atoms with van der Waals surface area (Å²) in [6.07, 6.45) is 14.7. The predicted molar refractivity (Wildman–Crippen MR) is 303 cm³/mol. The Morgan fingerprint density at radius 2 is 1.77 bits per heavy atom. The summed E-state index contributed by atoms with van der Waals surface area (Å²) in [4.78, 5) is 57.7. The molecule has 12 rings (SSSR count). The number of aliphatic hydroxyl groups excluding tert-OH is 1. The molecule has 2 saturated heterocycles. The van der Waals surface area contributed by atoms with E-state index in [1.165, 1.54) is 22.6 Å². The fourth-order valence-corrected chi connectivity index (χ4v) is 14.9. The number of piperidine rings is 1. The van der Waals surface area contributed by atoms with Crippen LogP contribution in [0.2, 0.25) is 0 Å². The Bertz CT molecular complexity index is 3510. The Labute approximate surface area is 478 Å². The SMILES string of the molecule is Cc1ncsc1-c1ccc(C(C)(C)NC(=O)[C@@H]2C[C@@H](O)CN2C(=O)[C@@H](n2cc(C3CCN(CC4(COc5cc(Oc6cncnc6)nc(-c6noc7c6CCC[C@@]76CCCc7sc(N)c(C#N)c76)n5)CC4)CC3)nn2)C(C)(C)C)cc1. The number of nitrogens with two attached hydrogens (primary N) is 1. The second-order valence-electron chi connectivity index (χ2n) is 24.5. The van der Waals surface area contributed by atoms with E-state index in [0.717, 1.165) is 133 Å². The summed E-state index contributed by atoms with van der Waals surface area (Å²) >= 11 is 3.10. The quantitative estimate of drug-likeness (QED) is 0.0865. The number of β-amino-alcohol motifs (C(OH)–C–C–N with tert-alkyl or cyclic N) is 1. The van der Waals surface area contributed by atoms with E-state index in [0.29, 0.717) is 40.3 Å². The zero-order chi connectivity index (χ0) is 56.4. The topological polar surface area (TPSA) is 262 Å². The lowest BCUT2D eigenvalue weighted by atomic mass is 9.63. The van der Waals surface area contributed by atoms with Crippen LogP contribution in [0.25, 0.3) is 22.0 Å². The number of thiazole rings is 1. The Morgan fingerprint density at radius 3 is 2.47 bits per heavy atom. The average molecular weight is 1130 g/mol. The van der Waals surface area contributed by atoms with E-state index in [9.17, 15) is 20.0 Å². The number of nitrogens with zero attached hydrogens (tertiary/aromatic N) is 12. The molecule has 8 heterocycles. The molecule has 1 saturated carbocycles. The molecule has 0 unspecified atom stereocenters. The van der Waals surface area contributed by atoms with Crippen LogP contribution in [0.5, 0.6) is 17.5 Å². The summed E-state index contributed by atoms with van der Waals surface area (Å²) in [5, 5.41) is 38.9. The number of amides is 2. The lowest BCUT2D eigenvalue weighted by Gasteiger charge is -2.39. The molecule has 4 N–H and O–H groups in total. The Balaban J connectivity index is 0.699. The number of nitriles is 1. The minimum atomic E-state index is -0.861. The third kappa shape index (κ3) is 10.6. The molecule has 2 aliphatic heterocycles. The van der Waals surface area contributed by atoms with E-state index >= 15 is 0 Å². The minimum Gasteiger partial charge on any atom is -0.477 e. The number of ether oxygens (including phenoxy) is 2. The summed E-state index contributed by atoms with van der Waals surface area (Å²) in [5.74, 6) is 1.67. The number of benzene rings is 1. The summed E-state index contributed by atoms with van der Waals surface area (Å²) in [6, 6.07) is 10.6. The maximum atomic E-state index is 14.8. The number of aryl methyl sites for hydroxylation is 2. The van der Waals surface area contributed by atoms with Gasteiger partial charge in [0.25, 0.3) is 0 Å². The average Bonchev–Trinajstić information content (AvgIpc) is 3.88. The van der Waals surface area contributed by atoms with Crippen LogP contribution in [0.4, 0.5) is 5.00 Å². The highest BCUT2D eigenvalue weighted by atomic mass is 32.1. The number of hydrogen-bond acceptors (Lipinski definition) is 19. The predicted octanol–water partition coefficient (Wildman–Crippen LogP) is 8.85. The number of nitrogen functional groups attached to an aromatic ring is 1. The third-order valence-corrected chi connectivity index (χ3v) is 19.4. The lowest BCUT2D eigenvalue weighted by Crippen LogP contribution is -2.53. The van der Waals surface area contributed by atoms with Gasteiger partial charge in [0.1, 0.15) is 29.5 Å². The van der Waals surface area contributed by atoms with Crippen molar-refractivity contribution in [2.45, 2.75) is 147 Å². The highest BCUT2D eigenvalue weighted by molar-refractivity contribution is 7.16. The van der Waals surface area contributed by atoms with E-state index in [-0.39, 0.29) is 42.0 Å². The van der Waals surface area contributed by atoms with Crippen LogP contribution in [0.1, 0.15) is 149 Å². The molecule has 5 aliphatic rings. The zero-order valence-electron chi connectivity index (χ0n) is 46.6. The fraction of sp³-hybridized carbons (Fsp3) is 0.508. The van der Waals surface area contributed by atoms with Crippen molar-refractivity contribution in [3.05, 3.63) is 105 Å². The number of thiophene rings is 1. The number of nitrogens with one attached hydrogen (secondary N) is 1. The van der Waals surface area contributed by atoms with Gasteiger partial charge in [-0.2, -0.15) is 15.2 Å². The van der Waals surface area contributed by atoms with Gasteiger partial charge in [-0.05, 0) is 120 Å². The van der Waals surface area contributed by atoms with Crippen molar-refractivity contribution >= 4 is 39.5 Å². The maximum Gasteiger partial charge on any atom is 0.248 e. The largest absolute Gasteiger partial charge is 0.477 e. The van der Waals surface area contributed by atoms with Gasteiger partial charge >= 0.3 is 0 Å². The van der Waals surface area contributed by atoms with Crippen LogP contribution in [-0.2, 0) is 33.4 Å². The van der Waals surface area contributed by atoms with Crippen LogP contribution >= 0.6 is 22.7 Å². The van der Waals surface area contributed by atoms with E-state index < -0.39 is 34.6 Å². The van der Waals surface area contributed by atoms with Crippen LogP contribution in [0.15, 0.2) is 65.3 Å². The molecule has 3 aliphatic carbocycles. The van der Waals surface area contributed by atoms with Gasteiger partial charge in [-0.25, -0.2) is 19.6 Å². The van der Waals surface area contributed by atoms with Crippen LogP contribution in [0, 0.1) is 29.1 Å². The van der Waals surface area contributed by atoms with Gasteiger partial charge in [0.05, 0.1) is 69.5 Å². The van der Waals surface area contributed by atoms with E-state index in [1.54, 1.807) is 34.5 Å². The summed E-state index contributed by atoms with van der Waals surface area (Å²) in [5.41, 5.74) is 13.2. The molecule has 0 bridgehead atoms. The first-order chi connectivity index (χ1) is 38.9. The maximum absolute atomic E-state index is 14.8. The van der Waals surface area contributed by atoms with Crippen LogP contribution < -0.4 is 20.5 Å². The molecule has 20 nitrogen and oxygen atoms in total. The molecule has 7 aromatic rings. The summed E-state index contributed by atoms with van der Waals surface area (Å²) in [6.45, 7) is 14.9. The van der Waals surface area contributed by atoms with Gasteiger partial charge in [-0.3, -0.25) is 9.59 Å². The van der Waals surface area contributed by atoms with Crippen LogP contribution in [-0.4, -0.2) is 117 Å². The van der Waals surface area contributed by atoms with E-state index in [4.69, 9.17) is 29.7 Å². The first kappa shape index (κ1) is 54.4. The number of carbonyl (C=O) groups excluding carboxylic acids is 2. The van der Waals surface area contributed by atoms with Gasteiger partial charge in [0.2, 0.25) is 23.6 Å². The van der Waals surface area contributed by atoms with Crippen molar-refractivity contribution in [1.82, 2.24) is 60.2 Å². The zero-order valence-corrected chi connectivity index (χ0v) is 48.3. The fourth-order valence-electron chi connectivity index (χ4n) is 13.0. The molecule has 3 fully saturated rings.